The van der Waals surface area contributed by atoms with Crippen LogP contribution in [0.4, 0.5) is 0 Å². The Morgan fingerprint density at radius 2 is 1.50 bits per heavy atom. The zero-order valence-corrected chi connectivity index (χ0v) is 15.4. The van der Waals surface area contributed by atoms with E-state index >= 15 is 0 Å². The number of benzene rings is 1. The van der Waals surface area contributed by atoms with Gasteiger partial charge in [-0.1, -0.05) is 13.0 Å². The van der Waals surface area contributed by atoms with Gasteiger partial charge in [0, 0.05) is 6.54 Å². The number of hydrogen-bond donors (Lipinski definition) is 2. The van der Waals surface area contributed by atoms with Crippen molar-refractivity contribution in [2.45, 2.75) is 33.7 Å². The Morgan fingerprint density at radius 1 is 0.864 bits per heavy atom. The van der Waals surface area contributed by atoms with Gasteiger partial charge in [0.25, 0.3) is 0 Å². The van der Waals surface area contributed by atoms with Crippen LogP contribution in [0.2, 0.25) is 0 Å². The third-order valence-electron chi connectivity index (χ3n) is 2.89. The molecule has 4 nitrogen and oxygen atoms in total. The summed E-state index contributed by atoms with van der Waals surface area (Å²) in [6.45, 7) is 11.4. The van der Waals surface area contributed by atoms with Gasteiger partial charge in [0.05, 0.1) is 13.2 Å². The Morgan fingerprint density at radius 3 is 2.14 bits per heavy atom. The molecule has 22 heavy (non-hydrogen) atoms. The Kier molecular flexibility index (Phi) is 16.3. The first kappa shape index (κ1) is 23.6. The summed E-state index contributed by atoms with van der Waals surface area (Å²) in [7, 11) is 0. The summed E-state index contributed by atoms with van der Waals surface area (Å²) in [6, 6.07) is 6.14. The normalized spacial score (nSPS) is 9.59. The predicted molar refractivity (Wildman–Crippen MR) is 98.1 cm³/mol. The molecule has 0 aromatic heterocycles. The summed E-state index contributed by atoms with van der Waals surface area (Å²) < 4.78 is 11.2. The molecule has 0 radical (unpaired) electrons. The first-order chi connectivity index (χ1) is 9.81. The van der Waals surface area contributed by atoms with E-state index in [-0.39, 0.29) is 24.8 Å². The maximum absolute atomic E-state index is 5.63. The summed E-state index contributed by atoms with van der Waals surface area (Å²) in [5.74, 6) is 1.66. The molecule has 0 spiro atoms. The highest BCUT2D eigenvalue weighted by Crippen LogP contribution is 2.28. The second-order valence-corrected chi connectivity index (χ2v) is 4.53. The third-order valence-corrected chi connectivity index (χ3v) is 2.89. The van der Waals surface area contributed by atoms with Crippen molar-refractivity contribution in [3.63, 3.8) is 0 Å². The van der Waals surface area contributed by atoms with Gasteiger partial charge in [-0.05, 0) is 57.6 Å². The van der Waals surface area contributed by atoms with E-state index < -0.39 is 0 Å². The van der Waals surface area contributed by atoms with Gasteiger partial charge < -0.3 is 20.1 Å². The first-order valence-corrected chi connectivity index (χ1v) is 7.61. The van der Waals surface area contributed by atoms with E-state index in [9.17, 15) is 0 Å². The van der Waals surface area contributed by atoms with Crippen LogP contribution in [0.3, 0.4) is 0 Å². The standard InChI is InChI=1S/C16H28N2O2.2ClH/c1-4-17-10-7-11-18-13-14-8-9-15(19-5-2)16(12-14)20-6-3;;/h8-9,12,17-18H,4-7,10-11,13H2,1-3H3;2*1H. The molecule has 1 aromatic carbocycles. The van der Waals surface area contributed by atoms with E-state index in [0.29, 0.717) is 13.2 Å². The second kappa shape index (κ2) is 15.2. The molecule has 0 aliphatic rings. The smallest absolute Gasteiger partial charge is 0.161 e. The molecule has 0 saturated heterocycles. The molecular weight excluding hydrogens is 323 g/mol. The molecule has 130 valence electrons. The van der Waals surface area contributed by atoms with E-state index in [1.807, 2.05) is 19.9 Å². The van der Waals surface area contributed by atoms with Gasteiger partial charge in [0.2, 0.25) is 0 Å². The van der Waals surface area contributed by atoms with E-state index in [0.717, 1.165) is 44.1 Å². The van der Waals surface area contributed by atoms with Crippen molar-refractivity contribution in [1.82, 2.24) is 10.6 Å². The zero-order chi connectivity index (χ0) is 14.6. The molecule has 0 amide bonds. The minimum atomic E-state index is 0. The van der Waals surface area contributed by atoms with Crippen LogP contribution in [-0.2, 0) is 6.54 Å². The van der Waals surface area contributed by atoms with Crippen molar-refractivity contribution in [1.29, 1.82) is 0 Å². The predicted octanol–water partition coefficient (Wildman–Crippen LogP) is 3.42. The van der Waals surface area contributed by atoms with E-state index in [1.54, 1.807) is 0 Å². The van der Waals surface area contributed by atoms with Gasteiger partial charge in [-0.3, -0.25) is 0 Å². The lowest BCUT2D eigenvalue weighted by Gasteiger charge is -2.13. The van der Waals surface area contributed by atoms with Crippen molar-refractivity contribution < 1.29 is 9.47 Å². The van der Waals surface area contributed by atoms with Gasteiger partial charge in [-0.2, -0.15) is 0 Å². The number of ether oxygens (including phenoxy) is 2. The second-order valence-electron chi connectivity index (χ2n) is 4.53. The molecule has 2 N–H and O–H groups in total. The average molecular weight is 353 g/mol. The summed E-state index contributed by atoms with van der Waals surface area (Å²) >= 11 is 0. The molecule has 0 fully saturated rings. The van der Waals surface area contributed by atoms with Gasteiger partial charge in [-0.15, -0.1) is 24.8 Å². The Balaban J connectivity index is 0. The summed E-state index contributed by atoms with van der Waals surface area (Å²) in [5.41, 5.74) is 1.22. The zero-order valence-electron chi connectivity index (χ0n) is 13.8. The Labute approximate surface area is 147 Å². The maximum atomic E-state index is 5.63. The minimum absolute atomic E-state index is 0. The minimum Gasteiger partial charge on any atom is -0.490 e. The summed E-state index contributed by atoms with van der Waals surface area (Å²) in [5, 5.41) is 6.76. The van der Waals surface area contributed by atoms with Gasteiger partial charge in [-0.25, -0.2) is 0 Å². The fourth-order valence-electron chi connectivity index (χ4n) is 1.95. The molecule has 0 aliphatic carbocycles. The lowest BCUT2D eigenvalue weighted by atomic mass is 10.2. The van der Waals surface area contributed by atoms with Crippen LogP contribution in [-0.4, -0.2) is 32.8 Å². The topological polar surface area (TPSA) is 42.5 Å². The van der Waals surface area contributed by atoms with Crippen molar-refractivity contribution in [3.8, 4) is 11.5 Å². The molecule has 0 atom stereocenters. The van der Waals surface area contributed by atoms with Crippen LogP contribution >= 0.6 is 24.8 Å². The highest BCUT2D eigenvalue weighted by atomic mass is 35.5. The van der Waals surface area contributed by atoms with Gasteiger partial charge in [0.15, 0.2) is 11.5 Å². The third kappa shape index (κ3) is 9.36. The van der Waals surface area contributed by atoms with Crippen molar-refractivity contribution in [2.75, 3.05) is 32.8 Å². The van der Waals surface area contributed by atoms with E-state index in [4.69, 9.17) is 9.47 Å². The summed E-state index contributed by atoms with van der Waals surface area (Å²) in [4.78, 5) is 0. The molecule has 1 aromatic rings. The largest absolute Gasteiger partial charge is 0.490 e. The molecule has 0 bridgehead atoms. The monoisotopic (exact) mass is 352 g/mol. The maximum Gasteiger partial charge on any atom is 0.161 e. The lowest BCUT2D eigenvalue weighted by Crippen LogP contribution is -2.21. The van der Waals surface area contributed by atoms with Crippen LogP contribution in [0.5, 0.6) is 11.5 Å². The SMILES string of the molecule is CCNCCCNCc1ccc(OCC)c(OCC)c1.Cl.Cl. The number of rotatable bonds is 11. The fraction of sp³-hybridized carbons (Fsp3) is 0.625. The average Bonchev–Trinajstić information content (AvgIpc) is 2.46. The van der Waals surface area contributed by atoms with Crippen LogP contribution in [0.15, 0.2) is 18.2 Å². The number of hydrogen-bond acceptors (Lipinski definition) is 4. The van der Waals surface area contributed by atoms with Crippen molar-refractivity contribution in [2.24, 2.45) is 0 Å². The van der Waals surface area contributed by atoms with E-state index in [1.165, 1.54) is 5.56 Å². The number of halogens is 2. The molecule has 0 aliphatic heterocycles. The van der Waals surface area contributed by atoms with Crippen LogP contribution in [0.25, 0.3) is 0 Å². The first-order valence-electron chi connectivity index (χ1n) is 7.61. The van der Waals surface area contributed by atoms with Crippen molar-refractivity contribution >= 4 is 24.8 Å². The quantitative estimate of drug-likeness (QED) is 0.599. The molecule has 1 rings (SSSR count). The molecule has 0 unspecified atom stereocenters. The molecular formula is C16H30Cl2N2O2. The van der Waals surface area contributed by atoms with Gasteiger partial charge in [0.1, 0.15) is 0 Å². The summed E-state index contributed by atoms with van der Waals surface area (Å²) in [6.07, 6.45) is 1.14. The van der Waals surface area contributed by atoms with Crippen LogP contribution in [0.1, 0.15) is 32.8 Å². The van der Waals surface area contributed by atoms with Crippen molar-refractivity contribution in [3.05, 3.63) is 23.8 Å². The fourth-order valence-corrected chi connectivity index (χ4v) is 1.95. The van der Waals surface area contributed by atoms with Crippen LogP contribution in [0, 0.1) is 0 Å². The Bertz CT molecular complexity index is 379. The molecule has 0 saturated carbocycles. The Hall–Kier alpha value is -0.680. The lowest BCUT2D eigenvalue weighted by molar-refractivity contribution is 0.287. The van der Waals surface area contributed by atoms with Gasteiger partial charge >= 0.3 is 0 Å². The van der Waals surface area contributed by atoms with Crippen LogP contribution < -0.4 is 20.1 Å². The number of nitrogens with one attached hydrogen (secondary N) is 2. The molecule has 0 heterocycles. The molecule has 6 heteroatoms. The highest BCUT2D eigenvalue weighted by molar-refractivity contribution is 5.85. The van der Waals surface area contributed by atoms with E-state index in [2.05, 4.69) is 29.7 Å². The highest BCUT2D eigenvalue weighted by Gasteiger charge is 2.05.